The van der Waals surface area contributed by atoms with E-state index >= 15 is 0 Å². The van der Waals surface area contributed by atoms with E-state index in [2.05, 4.69) is 20.8 Å². The maximum Gasteiger partial charge on any atom is 0.306 e. The SMILES string of the molecule is CC1(C)CCC[C@]2(C)OC(=O)CC12. The zero-order chi connectivity index (χ0) is 9.69. The number of ether oxygens (including phenoxy) is 1. The Kier molecular flexibility index (Phi) is 1.73. The smallest absolute Gasteiger partial charge is 0.306 e. The molecule has 0 radical (unpaired) electrons. The standard InChI is InChI=1S/C11H18O2/c1-10(2)5-4-6-11(3)8(10)7-9(12)13-11/h8H,4-7H2,1-3H3/t8?,11-/m0/s1. The third kappa shape index (κ3) is 1.27. The van der Waals surface area contributed by atoms with Gasteiger partial charge in [-0.05, 0) is 31.6 Å². The Morgan fingerprint density at radius 3 is 2.62 bits per heavy atom. The van der Waals surface area contributed by atoms with Crippen molar-refractivity contribution in [2.75, 3.05) is 0 Å². The molecule has 2 rings (SSSR count). The van der Waals surface area contributed by atoms with Crippen molar-refractivity contribution in [1.82, 2.24) is 0 Å². The van der Waals surface area contributed by atoms with Gasteiger partial charge in [-0.1, -0.05) is 13.8 Å². The number of rotatable bonds is 0. The predicted molar refractivity (Wildman–Crippen MR) is 50.2 cm³/mol. The zero-order valence-electron chi connectivity index (χ0n) is 8.72. The summed E-state index contributed by atoms with van der Waals surface area (Å²) in [6.45, 7) is 6.62. The average Bonchev–Trinajstić information content (AvgIpc) is 2.25. The molecule has 2 heteroatoms. The normalized spacial score (nSPS) is 42.7. The molecular weight excluding hydrogens is 164 g/mol. The number of fused-ring (bicyclic) bond motifs is 1. The lowest BCUT2D eigenvalue weighted by Crippen LogP contribution is -2.44. The second-order valence-corrected chi connectivity index (χ2v) is 5.39. The van der Waals surface area contributed by atoms with Gasteiger partial charge in [0.25, 0.3) is 0 Å². The van der Waals surface area contributed by atoms with Gasteiger partial charge < -0.3 is 4.74 Å². The lowest BCUT2D eigenvalue weighted by Gasteiger charge is -2.44. The summed E-state index contributed by atoms with van der Waals surface area (Å²) in [6.07, 6.45) is 4.09. The van der Waals surface area contributed by atoms with Crippen molar-refractivity contribution >= 4 is 5.97 Å². The number of hydrogen-bond donors (Lipinski definition) is 0. The van der Waals surface area contributed by atoms with E-state index in [1.165, 1.54) is 12.8 Å². The summed E-state index contributed by atoms with van der Waals surface area (Å²) in [4.78, 5) is 11.3. The molecule has 0 aromatic rings. The van der Waals surface area contributed by atoms with Crippen molar-refractivity contribution in [3.8, 4) is 0 Å². The Morgan fingerprint density at radius 1 is 1.31 bits per heavy atom. The van der Waals surface area contributed by atoms with E-state index in [1.54, 1.807) is 0 Å². The monoisotopic (exact) mass is 182 g/mol. The van der Waals surface area contributed by atoms with Crippen LogP contribution < -0.4 is 0 Å². The van der Waals surface area contributed by atoms with Gasteiger partial charge in [0.2, 0.25) is 0 Å². The topological polar surface area (TPSA) is 26.3 Å². The van der Waals surface area contributed by atoms with Gasteiger partial charge >= 0.3 is 5.97 Å². The first-order chi connectivity index (χ1) is 5.94. The summed E-state index contributed by atoms with van der Waals surface area (Å²) in [5.41, 5.74) is 0.123. The summed E-state index contributed by atoms with van der Waals surface area (Å²) in [5.74, 6) is 0.434. The third-order valence-corrected chi connectivity index (χ3v) is 3.89. The molecule has 2 fully saturated rings. The molecule has 1 aliphatic heterocycles. The van der Waals surface area contributed by atoms with Crippen LogP contribution >= 0.6 is 0 Å². The quantitative estimate of drug-likeness (QED) is 0.538. The van der Waals surface area contributed by atoms with Crippen molar-refractivity contribution in [3.05, 3.63) is 0 Å². The Hall–Kier alpha value is -0.530. The lowest BCUT2D eigenvalue weighted by atomic mass is 9.62. The molecule has 0 aromatic heterocycles. The minimum atomic E-state index is -0.154. The molecule has 1 saturated heterocycles. The largest absolute Gasteiger partial charge is 0.459 e. The maximum atomic E-state index is 11.3. The van der Waals surface area contributed by atoms with Gasteiger partial charge in [0.1, 0.15) is 5.60 Å². The van der Waals surface area contributed by atoms with Gasteiger partial charge in [0, 0.05) is 5.92 Å². The first-order valence-electron chi connectivity index (χ1n) is 5.16. The molecule has 1 heterocycles. The highest BCUT2D eigenvalue weighted by molar-refractivity contribution is 5.73. The van der Waals surface area contributed by atoms with Crippen molar-refractivity contribution in [2.24, 2.45) is 11.3 Å². The van der Waals surface area contributed by atoms with Gasteiger partial charge in [-0.25, -0.2) is 0 Å². The van der Waals surface area contributed by atoms with Crippen LogP contribution in [0.5, 0.6) is 0 Å². The van der Waals surface area contributed by atoms with Gasteiger partial charge in [-0.3, -0.25) is 4.79 Å². The van der Waals surface area contributed by atoms with Crippen LogP contribution in [0.15, 0.2) is 0 Å². The Bertz CT molecular complexity index is 244. The molecule has 2 atom stereocenters. The Balaban J connectivity index is 2.30. The zero-order valence-corrected chi connectivity index (χ0v) is 8.72. The lowest BCUT2D eigenvalue weighted by molar-refractivity contribution is -0.151. The highest BCUT2D eigenvalue weighted by atomic mass is 16.6. The fourth-order valence-electron chi connectivity index (χ4n) is 3.15. The van der Waals surface area contributed by atoms with Crippen molar-refractivity contribution in [1.29, 1.82) is 0 Å². The second kappa shape index (κ2) is 2.49. The molecule has 0 spiro atoms. The molecule has 0 N–H and O–H groups in total. The summed E-state index contributed by atoms with van der Waals surface area (Å²) < 4.78 is 5.45. The van der Waals surface area contributed by atoms with E-state index in [4.69, 9.17) is 4.74 Å². The van der Waals surface area contributed by atoms with E-state index in [0.29, 0.717) is 12.3 Å². The summed E-state index contributed by atoms with van der Waals surface area (Å²) in [7, 11) is 0. The van der Waals surface area contributed by atoms with E-state index in [1.807, 2.05) is 0 Å². The van der Waals surface area contributed by atoms with Crippen LogP contribution in [-0.2, 0) is 9.53 Å². The van der Waals surface area contributed by atoms with Gasteiger partial charge in [0.05, 0.1) is 6.42 Å². The highest BCUT2D eigenvalue weighted by Crippen LogP contribution is 2.52. The van der Waals surface area contributed by atoms with Crippen molar-refractivity contribution < 1.29 is 9.53 Å². The van der Waals surface area contributed by atoms with Gasteiger partial charge in [0.15, 0.2) is 0 Å². The summed E-state index contributed by atoms with van der Waals surface area (Å²) in [6, 6.07) is 0. The molecule has 13 heavy (non-hydrogen) atoms. The molecular formula is C11H18O2. The molecule has 0 aromatic carbocycles. The third-order valence-electron chi connectivity index (χ3n) is 3.89. The molecule has 1 unspecified atom stereocenters. The molecule has 1 saturated carbocycles. The van der Waals surface area contributed by atoms with Gasteiger partial charge in [-0.15, -0.1) is 0 Å². The predicted octanol–water partition coefficient (Wildman–Crippen LogP) is 2.52. The number of esters is 1. The summed E-state index contributed by atoms with van der Waals surface area (Å²) in [5, 5.41) is 0. The fraction of sp³-hybridized carbons (Fsp3) is 0.909. The molecule has 2 nitrogen and oxygen atoms in total. The first kappa shape index (κ1) is 9.04. The minimum absolute atomic E-state index is 0.00229. The molecule has 2 aliphatic rings. The molecule has 74 valence electrons. The van der Waals surface area contributed by atoms with Crippen LogP contribution in [0.2, 0.25) is 0 Å². The Labute approximate surface area is 79.7 Å². The second-order valence-electron chi connectivity index (χ2n) is 5.39. The highest BCUT2D eigenvalue weighted by Gasteiger charge is 2.54. The van der Waals surface area contributed by atoms with E-state index < -0.39 is 0 Å². The van der Waals surface area contributed by atoms with E-state index in [9.17, 15) is 4.79 Å². The van der Waals surface area contributed by atoms with Crippen LogP contribution in [0, 0.1) is 11.3 Å². The molecule has 0 amide bonds. The summed E-state index contributed by atoms with van der Waals surface area (Å²) >= 11 is 0. The van der Waals surface area contributed by atoms with E-state index in [0.717, 1.165) is 6.42 Å². The number of carbonyl (C=O) groups excluding carboxylic acids is 1. The Morgan fingerprint density at radius 2 is 2.00 bits per heavy atom. The number of carbonyl (C=O) groups is 1. The van der Waals surface area contributed by atoms with Crippen molar-refractivity contribution in [2.45, 2.75) is 52.1 Å². The van der Waals surface area contributed by atoms with E-state index in [-0.39, 0.29) is 17.0 Å². The van der Waals surface area contributed by atoms with Crippen LogP contribution in [0.4, 0.5) is 0 Å². The van der Waals surface area contributed by atoms with Crippen LogP contribution in [0.1, 0.15) is 46.5 Å². The van der Waals surface area contributed by atoms with Crippen molar-refractivity contribution in [3.63, 3.8) is 0 Å². The van der Waals surface area contributed by atoms with Crippen LogP contribution in [0.25, 0.3) is 0 Å². The first-order valence-corrected chi connectivity index (χ1v) is 5.16. The van der Waals surface area contributed by atoms with Crippen LogP contribution in [-0.4, -0.2) is 11.6 Å². The molecule has 1 aliphatic carbocycles. The minimum Gasteiger partial charge on any atom is -0.459 e. The number of hydrogen-bond acceptors (Lipinski definition) is 2. The maximum absolute atomic E-state index is 11.3. The fourth-order valence-corrected chi connectivity index (χ4v) is 3.15. The molecule has 0 bridgehead atoms. The average molecular weight is 182 g/mol. The van der Waals surface area contributed by atoms with Gasteiger partial charge in [-0.2, -0.15) is 0 Å². The van der Waals surface area contributed by atoms with Crippen LogP contribution in [0.3, 0.4) is 0 Å².